The molecule has 18 heavy (non-hydrogen) atoms. The molecular formula is C11H6Br2ClN3O. The van der Waals surface area contributed by atoms with Crippen LogP contribution in [0.25, 0.3) is 17.1 Å². The molecule has 0 bridgehead atoms. The van der Waals surface area contributed by atoms with E-state index in [0.717, 1.165) is 4.47 Å². The molecule has 0 atom stereocenters. The van der Waals surface area contributed by atoms with E-state index in [2.05, 4.69) is 36.8 Å². The van der Waals surface area contributed by atoms with E-state index in [1.807, 2.05) is 6.07 Å². The zero-order chi connectivity index (χ0) is 12.9. The molecule has 3 aromatic heterocycles. The van der Waals surface area contributed by atoms with Gasteiger partial charge in [-0.3, -0.25) is 4.40 Å². The fraction of sp³-hybridized carbons (Fsp3) is 0. The number of pyridine rings is 1. The van der Waals surface area contributed by atoms with Crippen LogP contribution in [-0.4, -0.2) is 9.38 Å². The third-order valence-electron chi connectivity index (χ3n) is 2.52. The molecule has 0 saturated carbocycles. The van der Waals surface area contributed by atoms with Crippen molar-refractivity contribution in [1.82, 2.24) is 9.38 Å². The molecular weight excluding hydrogens is 385 g/mol. The van der Waals surface area contributed by atoms with Crippen molar-refractivity contribution >= 4 is 54.9 Å². The van der Waals surface area contributed by atoms with Crippen molar-refractivity contribution in [3.05, 3.63) is 38.6 Å². The maximum atomic E-state index is 6.08. The lowest BCUT2D eigenvalue weighted by Crippen LogP contribution is -1.93. The van der Waals surface area contributed by atoms with Crippen molar-refractivity contribution in [2.24, 2.45) is 0 Å². The first kappa shape index (κ1) is 12.1. The molecule has 0 amide bonds. The van der Waals surface area contributed by atoms with E-state index in [1.54, 1.807) is 22.7 Å². The molecule has 0 aliphatic carbocycles. The van der Waals surface area contributed by atoms with Gasteiger partial charge >= 0.3 is 0 Å². The quantitative estimate of drug-likeness (QED) is 0.671. The zero-order valence-corrected chi connectivity index (χ0v) is 12.8. The summed E-state index contributed by atoms with van der Waals surface area (Å²) in [5.41, 5.74) is 7.22. The predicted octanol–water partition coefficient (Wildman–Crippen LogP) is 4.35. The van der Waals surface area contributed by atoms with E-state index < -0.39 is 0 Å². The second-order valence-electron chi connectivity index (χ2n) is 3.63. The summed E-state index contributed by atoms with van der Waals surface area (Å²) >= 11 is 12.7. The van der Waals surface area contributed by atoms with Gasteiger partial charge in [-0.15, -0.1) is 0 Å². The second-order valence-corrected chi connectivity index (χ2v) is 5.61. The van der Waals surface area contributed by atoms with E-state index in [9.17, 15) is 0 Å². The highest BCUT2D eigenvalue weighted by Gasteiger charge is 2.17. The van der Waals surface area contributed by atoms with Gasteiger partial charge < -0.3 is 10.2 Å². The standard InChI is InChI=1S/C11H6Br2ClN3O/c12-5-4-7(18-9(5)13)8-10(15)17-3-1-2-6(14)11(17)16-8/h1-4H,15H2. The third kappa shape index (κ3) is 1.75. The van der Waals surface area contributed by atoms with Crippen molar-refractivity contribution < 1.29 is 4.42 Å². The topological polar surface area (TPSA) is 56.5 Å². The van der Waals surface area contributed by atoms with E-state index in [-0.39, 0.29) is 0 Å². The van der Waals surface area contributed by atoms with Crippen molar-refractivity contribution in [1.29, 1.82) is 0 Å². The number of furan rings is 1. The average molecular weight is 391 g/mol. The molecule has 0 spiro atoms. The Morgan fingerprint density at radius 1 is 1.39 bits per heavy atom. The Balaban J connectivity index is 2.30. The first-order valence-electron chi connectivity index (χ1n) is 4.95. The smallest absolute Gasteiger partial charge is 0.184 e. The highest BCUT2D eigenvalue weighted by molar-refractivity contribution is 9.13. The second kappa shape index (κ2) is 4.29. The number of nitrogens with zero attached hydrogens (tertiary/aromatic N) is 2. The summed E-state index contributed by atoms with van der Waals surface area (Å²) in [5.74, 6) is 1.06. The number of anilines is 1. The van der Waals surface area contributed by atoms with Crippen LogP contribution in [0.1, 0.15) is 0 Å². The number of rotatable bonds is 1. The lowest BCUT2D eigenvalue weighted by Gasteiger charge is -1.96. The molecule has 0 fully saturated rings. The van der Waals surface area contributed by atoms with E-state index in [4.69, 9.17) is 21.8 Å². The number of aromatic nitrogens is 2. The minimum atomic E-state index is 0.487. The molecule has 3 heterocycles. The largest absolute Gasteiger partial charge is 0.446 e. The minimum absolute atomic E-state index is 0.487. The summed E-state index contributed by atoms with van der Waals surface area (Å²) in [5, 5.41) is 0.542. The van der Waals surface area contributed by atoms with Gasteiger partial charge in [0.1, 0.15) is 11.5 Å². The summed E-state index contributed by atoms with van der Waals surface area (Å²) in [6, 6.07) is 5.38. The van der Waals surface area contributed by atoms with Gasteiger partial charge in [0.05, 0.1) is 9.50 Å². The Hall–Kier alpha value is -0.980. The Labute approximate surface area is 124 Å². The number of hydrogen-bond donors (Lipinski definition) is 1. The van der Waals surface area contributed by atoms with Gasteiger partial charge in [-0.2, -0.15) is 0 Å². The van der Waals surface area contributed by atoms with Gasteiger partial charge in [-0.25, -0.2) is 4.98 Å². The Bertz CT molecular complexity index is 731. The van der Waals surface area contributed by atoms with Crippen LogP contribution in [0, 0.1) is 0 Å². The van der Waals surface area contributed by atoms with Gasteiger partial charge in [-0.1, -0.05) is 11.6 Å². The number of hydrogen-bond acceptors (Lipinski definition) is 3. The van der Waals surface area contributed by atoms with Gasteiger partial charge in [0.25, 0.3) is 0 Å². The van der Waals surface area contributed by atoms with Crippen molar-refractivity contribution in [2.45, 2.75) is 0 Å². The first-order valence-corrected chi connectivity index (χ1v) is 6.91. The van der Waals surface area contributed by atoms with Gasteiger partial charge in [-0.05, 0) is 44.0 Å². The third-order valence-corrected chi connectivity index (χ3v) is 4.52. The van der Waals surface area contributed by atoms with Crippen LogP contribution in [0.3, 0.4) is 0 Å². The number of fused-ring (bicyclic) bond motifs is 1. The summed E-state index contributed by atoms with van der Waals surface area (Å²) in [4.78, 5) is 4.41. The molecule has 0 radical (unpaired) electrons. The Morgan fingerprint density at radius 2 is 2.17 bits per heavy atom. The first-order chi connectivity index (χ1) is 8.58. The molecule has 2 N–H and O–H groups in total. The van der Waals surface area contributed by atoms with E-state index >= 15 is 0 Å². The molecule has 0 aliphatic rings. The normalized spacial score (nSPS) is 11.3. The summed E-state index contributed by atoms with van der Waals surface area (Å²) in [7, 11) is 0. The van der Waals surface area contributed by atoms with E-state index in [0.29, 0.717) is 32.6 Å². The number of nitrogens with two attached hydrogens (primary N) is 1. The Kier molecular flexibility index (Phi) is 2.88. The van der Waals surface area contributed by atoms with Crippen molar-refractivity contribution in [2.75, 3.05) is 5.73 Å². The van der Waals surface area contributed by atoms with Crippen LogP contribution in [0.5, 0.6) is 0 Å². The fourth-order valence-corrected chi connectivity index (χ4v) is 2.48. The monoisotopic (exact) mass is 389 g/mol. The summed E-state index contributed by atoms with van der Waals surface area (Å²) in [6.45, 7) is 0. The van der Waals surface area contributed by atoms with Crippen molar-refractivity contribution in [3.63, 3.8) is 0 Å². The maximum absolute atomic E-state index is 6.08. The average Bonchev–Trinajstić information content (AvgIpc) is 2.83. The van der Waals surface area contributed by atoms with Crippen LogP contribution in [0.15, 0.2) is 38.0 Å². The maximum Gasteiger partial charge on any atom is 0.184 e. The lowest BCUT2D eigenvalue weighted by atomic mass is 10.3. The molecule has 4 nitrogen and oxygen atoms in total. The van der Waals surface area contributed by atoms with Crippen LogP contribution < -0.4 is 5.73 Å². The van der Waals surface area contributed by atoms with Gasteiger partial charge in [0.2, 0.25) is 0 Å². The van der Waals surface area contributed by atoms with Crippen LogP contribution in [-0.2, 0) is 0 Å². The molecule has 3 rings (SSSR count). The number of imidazole rings is 1. The van der Waals surface area contributed by atoms with Crippen LogP contribution in [0.4, 0.5) is 5.82 Å². The van der Waals surface area contributed by atoms with Gasteiger partial charge in [0, 0.05) is 12.3 Å². The van der Waals surface area contributed by atoms with Crippen LogP contribution in [0.2, 0.25) is 5.02 Å². The van der Waals surface area contributed by atoms with Crippen LogP contribution >= 0.6 is 43.5 Å². The zero-order valence-electron chi connectivity index (χ0n) is 8.82. The predicted molar refractivity (Wildman–Crippen MR) is 77.7 cm³/mol. The lowest BCUT2D eigenvalue weighted by molar-refractivity contribution is 0.552. The van der Waals surface area contributed by atoms with Crippen molar-refractivity contribution in [3.8, 4) is 11.5 Å². The minimum Gasteiger partial charge on any atom is -0.446 e. The summed E-state index contributed by atoms with van der Waals surface area (Å²) in [6.07, 6.45) is 1.81. The number of halogens is 3. The SMILES string of the molecule is Nc1c(-c2cc(Br)c(Br)o2)nc2c(Cl)cccn12. The molecule has 92 valence electrons. The molecule has 3 aromatic rings. The fourth-order valence-electron chi connectivity index (χ4n) is 1.70. The summed E-state index contributed by atoms with van der Waals surface area (Å²) < 4.78 is 8.65. The Morgan fingerprint density at radius 3 is 2.78 bits per heavy atom. The highest BCUT2D eigenvalue weighted by Crippen LogP contribution is 2.35. The molecule has 0 aromatic carbocycles. The molecule has 0 unspecified atom stereocenters. The number of nitrogen functional groups attached to an aromatic ring is 1. The van der Waals surface area contributed by atoms with E-state index in [1.165, 1.54) is 0 Å². The molecule has 0 saturated heterocycles. The highest BCUT2D eigenvalue weighted by atomic mass is 79.9. The molecule has 7 heteroatoms. The van der Waals surface area contributed by atoms with Gasteiger partial charge in [0.15, 0.2) is 16.1 Å². The molecule has 0 aliphatic heterocycles.